The standard InChI is InChI=1S/C11H8F3N3O2/c1-16-10(11(12,13)14)8(6-15-16)7-4-2-3-5-9(7)17(18)19/h2-6H,1H3. The van der Waals surface area contributed by atoms with Gasteiger partial charge in [-0.25, -0.2) is 0 Å². The smallest absolute Gasteiger partial charge is 0.263 e. The number of nitro benzene ring substituents is 1. The molecule has 0 atom stereocenters. The predicted octanol–water partition coefficient (Wildman–Crippen LogP) is 3.01. The second-order valence-electron chi connectivity index (χ2n) is 3.80. The van der Waals surface area contributed by atoms with Gasteiger partial charge in [-0.1, -0.05) is 12.1 Å². The van der Waals surface area contributed by atoms with Gasteiger partial charge in [0.1, 0.15) is 5.69 Å². The van der Waals surface area contributed by atoms with Crippen LogP contribution in [0.4, 0.5) is 18.9 Å². The van der Waals surface area contributed by atoms with Crippen LogP contribution in [0.5, 0.6) is 0 Å². The molecular formula is C11H8F3N3O2. The van der Waals surface area contributed by atoms with Crippen molar-refractivity contribution in [2.45, 2.75) is 6.18 Å². The number of rotatable bonds is 2. The van der Waals surface area contributed by atoms with Gasteiger partial charge in [-0.2, -0.15) is 18.3 Å². The molecule has 0 saturated heterocycles. The van der Waals surface area contributed by atoms with Gasteiger partial charge in [0.15, 0.2) is 0 Å². The van der Waals surface area contributed by atoms with Crippen LogP contribution in [0.3, 0.4) is 0 Å². The summed E-state index contributed by atoms with van der Waals surface area (Å²) in [5.41, 5.74) is -1.81. The average molecular weight is 271 g/mol. The molecule has 0 unspecified atom stereocenters. The molecule has 0 aliphatic heterocycles. The fourth-order valence-electron chi connectivity index (χ4n) is 1.83. The summed E-state index contributed by atoms with van der Waals surface area (Å²) in [5, 5.41) is 14.4. The molecule has 0 aliphatic carbocycles. The van der Waals surface area contributed by atoms with Gasteiger partial charge in [0.05, 0.1) is 16.7 Å². The minimum absolute atomic E-state index is 0.104. The highest BCUT2D eigenvalue weighted by atomic mass is 19.4. The van der Waals surface area contributed by atoms with E-state index in [1.807, 2.05) is 0 Å². The first-order chi connectivity index (χ1) is 8.82. The van der Waals surface area contributed by atoms with E-state index in [1.54, 1.807) is 0 Å². The lowest BCUT2D eigenvalue weighted by atomic mass is 10.0. The van der Waals surface area contributed by atoms with Gasteiger partial charge in [-0.05, 0) is 6.07 Å². The van der Waals surface area contributed by atoms with Gasteiger partial charge in [-0.3, -0.25) is 14.8 Å². The summed E-state index contributed by atoms with van der Waals surface area (Å²) in [5.74, 6) is 0. The number of hydrogen-bond acceptors (Lipinski definition) is 3. The predicted molar refractivity (Wildman–Crippen MR) is 60.3 cm³/mol. The van der Waals surface area contributed by atoms with E-state index in [4.69, 9.17) is 0 Å². The van der Waals surface area contributed by atoms with Crippen LogP contribution in [0, 0.1) is 10.1 Å². The Morgan fingerprint density at radius 3 is 2.47 bits per heavy atom. The maximum Gasteiger partial charge on any atom is 0.433 e. The largest absolute Gasteiger partial charge is 0.433 e. The molecule has 0 spiro atoms. The van der Waals surface area contributed by atoms with Crippen molar-refractivity contribution < 1.29 is 18.1 Å². The number of hydrogen-bond donors (Lipinski definition) is 0. The van der Waals surface area contributed by atoms with Crippen LogP contribution in [0.1, 0.15) is 5.69 Å². The number of halogens is 3. The minimum Gasteiger partial charge on any atom is -0.263 e. The van der Waals surface area contributed by atoms with Crippen LogP contribution >= 0.6 is 0 Å². The van der Waals surface area contributed by atoms with Gasteiger partial charge >= 0.3 is 6.18 Å². The molecule has 0 amide bonds. The summed E-state index contributed by atoms with van der Waals surface area (Å²) in [6.45, 7) is 0. The normalized spacial score (nSPS) is 11.6. The Morgan fingerprint density at radius 1 is 1.26 bits per heavy atom. The molecule has 1 aromatic carbocycles. The molecule has 19 heavy (non-hydrogen) atoms. The lowest BCUT2D eigenvalue weighted by Crippen LogP contribution is -2.13. The Bertz CT molecular complexity index is 634. The number of aryl methyl sites for hydroxylation is 1. The first-order valence-electron chi connectivity index (χ1n) is 5.15. The van der Waals surface area contributed by atoms with Crippen molar-refractivity contribution >= 4 is 5.69 Å². The second-order valence-corrected chi connectivity index (χ2v) is 3.80. The fraction of sp³-hybridized carbons (Fsp3) is 0.182. The summed E-state index contributed by atoms with van der Waals surface area (Å²) in [6, 6.07) is 5.26. The van der Waals surface area contributed by atoms with Crippen LogP contribution in [-0.2, 0) is 13.2 Å². The monoisotopic (exact) mass is 271 g/mol. The highest BCUT2D eigenvalue weighted by Gasteiger charge is 2.38. The second kappa shape index (κ2) is 4.38. The zero-order valence-corrected chi connectivity index (χ0v) is 9.68. The number of benzene rings is 1. The van der Waals surface area contributed by atoms with E-state index in [1.165, 1.54) is 18.2 Å². The highest BCUT2D eigenvalue weighted by Crippen LogP contribution is 2.39. The third-order valence-electron chi connectivity index (χ3n) is 2.60. The molecule has 2 aromatic rings. The summed E-state index contributed by atoms with van der Waals surface area (Å²) < 4.78 is 39.4. The molecule has 0 aliphatic rings. The summed E-state index contributed by atoms with van der Waals surface area (Å²) in [7, 11) is 1.14. The summed E-state index contributed by atoms with van der Waals surface area (Å²) in [6.07, 6.45) is -3.66. The number of nitro groups is 1. The number of alkyl halides is 3. The number of aromatic nitrogens is 2. The maximum atomic E-state index is 12.9. The van der Waals surface area contributed by atoms with Crippen molar-refractivity contribution in [1.82, 2.24) is 9.78 Å². The molecule has 0 radical (unpaired) electrons. The van der Waals surface area contributed by atoms with E-state index < -0.39 is 16.8 Å². The van der Waals surface area contributed by atoms with Crippen molar-refractivity contribution in [2.24, 2.45) is 7.05 Å². The molecule has 0 N–H and O–H groups in total. The third-order valence-corrected chi connectivity index (χ3v) is 2.60. The average Bonchev–Trinajstić information content (AvgIpc) is 2.70. The van der Waals surface area contributed by atoms with E-state index >= 15 is 0 Å². The maximum absolute atomic E-state index is 12.9. The Labute approximate surface area is 105 Å². The first kappa shape index (κ1) is 13.1. The van der Waals surface area contributed by atoms with E-state index in [0.29, 0.717) is 4.68 Å². The van der Waals surface area contributed by atoms with Crippen LogP contribution in [0.25, 0.3) is 11.1 Å². The fourth-order valence-corrected chi connectivity index (χ4v) is 1.83. The zero-order chi connectivity index (χ0) is 14.2. The highest BCUT2D eigenvalue weighted by molar-refractivity contribution is 5.75. The molecule has 8 heteroatoms. The molecule has 1 heterocycles. The minimum atomic E-state index is -4.63. The molecule has 100 valence electrons. The van der Waals surface area contributed by atoms with Crippen molar-refractivity contribution in [2.75, 3.05) is 0 Å². The van der Waals surface area contributed by atoms with Crippen molar-refractivity contribution in [3.8, 4) is 11.1 Å². The van der Waals surface area contributed by atoms with E-state index in [0.717, 1.165) is 19.3 Å². The Morgan fingerprint density at radius 2 is 1.89 bits per heavy atom. The van der Waals surface area contributed by atoms with E-state index in [-0.39, 0.29) is 16.8 Å². The lowest BCUT2D eigenvalue weighted by Gasteiger charge is -2.10. The van der Waals surface area contributed by atoms with Gasteiger partial charge in [0.2, 0.25) is 0 Å². The first-order valence-corrected chi connectivity index (χ1v) is 5.15. The van der Waals surface area contributed by atoms with Crippen molar-refractivity contribution in [3.05, 3.63) is 46.3 Å². The molecule has 0 bridgehead atoms. The van der Waals surface area contributed by atoms with Crippen LogP contribution in [0.2, 0.25) is 0 Å². The van der Waals surface area contributed by atoms with Crippen LogP contribution in [0.15, 0.2) is 30.5 Å². The third kappa shape index (κ3) is 2.28. The van der Waals surface area contributed by atoms with E-state index in [2.05, 4.69) is 5.10 Å². The number of nitrogens with zero attached hydrogens (tertiary/aromatic N) is 3. The van der Waals surface area contributed by atoms with Crippen LogP contribution in [-0.4, -0.2) is 14.7 Å². The van der Waals surface area contributed by atoms with Gasteiger partial charge in [-0.15, -0.1) is 0 Å². The lowest BCUT2D eigenvalue weighted by molar-refractivity contribution is -0.384. The molecule has 1 aromatic heterocycles. The molecular weight excluding hydrogens is 263 g/mol. The van der Waals surface area contributed by atoms with Gasteiger partial charge in [0, 0.05) is 18.7 Å². The quantitative estimate of drug-likeness (QED) is 0.623. The SMILES string of the molecule is Cn1ncc(-c2ccccc2[N+](=O)[O-])c1C(F)(F)F. The summed E-state index contributed by atoms with van der Waals surface area (Å²) >= 11 is 0. The van der Waals surface area contributed by atoms with Crippen molar-refractivity contribution in [1.29, 1.82) is 0 Å². The van der Waals surface area contributed by atoms with Gasteiger partial charge < -0.3 is 0 Å². The Hall–Kier alpha value is -2.38. The molecule has 0 saturated carbocycles. The zero-order valence-electron chi connectivity index (χ0n) is 9.68. The van der Waals surface area contributed by atoms with E-state index in [9.17, 15) is 23.3 Å². The number of para-hydroxylation sites is 1. The summed E-state index contributed by atoms with van der Waals surface area (Å²) in [4.78, 5) is 10.1. The van der Waals surface area contributed by atoms with Gasteiger partial charge in [0.25, 0.3) is 5.69 Å². The molecule has 5 nitrogen and oxygen atoms in total. The van der Waals surface area contributed by atoms with Crippen molar-refractivity contribution in [3.63, 3.8) is 0 Å². The van der Waals surface area contributed by atoms with Crippen LogP contribution < -0.4 is 0 Å². The Kier molecular flexibility index (Phi) is 3.01. The molecule has 2 rings (SSSR count). The topological polar surface area (TPSA) is 61.0 Å². The molecule has 0 fully saturated rings. The Balaban J connectivity index is 2.71.